The van der Waals surface area contributed by atoms with Crippen molar-refractivity contribution in [3.63, 3.8) is 0 Å². The van der Waals surface area contributed by atoms with Crippen LogP contribution in [0.3, 0.4) is 0 Å². The number of amides is 2. The Bertz CT molecular complexity index is 655. The first-order chi connectivity index (χ1) is 7.99. The summed E-state index contributed by atoms with van der Waals surface area (Å²) in [6, 6.07) is 4.60. The zero-order chi connectivity index (χ0) is 12.6. The number of H-pyrrole nitrogens is 1. The Morgan fingerprint density at radius 1 is 1.41 bits per heavy atom. The van der Waals surface area contributed by atoms with Crippen LogP contribution >= 0.6 is 0 Å². The lowest BCUT2D eigenvalue weighted by Crippen LogP contribution is -2.37. The topological polar surface area (TPSA) is 109 Å². The van der Waals surface area contributed by atoms with Gasteiger partial charge in [-0.1, -0.05) is 0 Å². The van der Waals surface area contributed by atoms with Crippen LogP contribution in [0.1, 0.15) is 0 Å². The van der Waals surface area contributed by atoms with Gasteiger partial charge in [0.2, 0.25) is 0 Å². The lowest BCUT2D eigenvalue weighted by atomic mass is 10.2. The molecule has 1 aromatic carbocycles. The second kappa shape index (κ2) is 3.78. The molecule has 0 spiro atoms. The summed E-state index contributed by atoms with van der Waals surface area (Å²) in [5.74, 6) is -2.48. The number of nitrogens with one attached hydrogen (secondary N) is 1. The molecule has 1 aromatic heterocycles. The highest BCUT2D eigenvalue weighted by Crippen LogP contribution is 2.19. The van der Waals surface area contributed by atoms with Crippen LogP contribution < -0.4 is 16.4 Å². The average molecular weight is 235 g/mol. The molecule has 0 bridgehead atoms. The molecular weight excluding hydrogens is 226 g/mol. The molecule has 0 aliphatic heterocycles. The molecule has 17 heavy (non-hydrogen) atoms. The summed E-state index contributed by atoms with van der Waals surface area (Å²) in [6.45, 7) is 0. The van der Waals surface area contributed by atoms with Gasteiger partial charge in [-0.05, 0) is 12.1 Å². The van der Waals surface area contributed by atoms with E-state index in [9.17, 15) is 14.4 Å². The Morgan fingerprint density at radius 3 is 2.76 bits per heavy atom. The number of benzene rings is 1. The van der Waals surface area contributed by atoms with Crippen LogP contribution in [0.25, 0.3) is 11.1 Å². The largest absolute Gasteiger partial charge is 0.417 e. The summed E-state index contributed by atoms with van der Waals surface area (Å²) < 4.78 is 4.83. The number of anilines is 1. The van der Waals surface area contributed by atoms with Crippen molar-refractivity contribution in [1.82, 2.24) is 4.98 Å². The zero-order valence-electron chi connectivity index (χ0n) is 8.89. The molecule has 3 N–H and O–H groups in total. The molecule has 7 heteroatoms. The number of fused-ring (bicyclic) bond motifs is 1. The van der Waals surface area contributed by atoms with Crippen LogP contribution in [0.5, 0.6) is 0 Å². The van der Waals surface area contributed by atoms with E-state index in [-0.39, 0.29) is 0 Å². The maximum atomic E-state index is 11.3. The molecule has 0 atom stereocenters. The van der Waals surface area contributed by atoms with Gasteiger partial charge in [0.25, 0.3) is 0 Å². The first-order valence-electron chi connectivity index (χ1n) is 4.69. The van der Waals surface area contributed by atoms with Crippen molar-refractivity contribution < 1.29 is 14.0 Å². The second-order valence-electron chi connectivity index (χ2n) is 3.42. The highest BCUT2D eigenvalue weighted by Gasteiger charge is 2.17. The fraction of sp³-hybridized carbons (Fsp3) is 0.100. The summed E-state index contributed by atoms with van der Waals surface area (Å²) in [7, 11) is 1.40. The predicted molar refractivity (Wildman–Crippen MR) is 59.4 cm³/mol. The lowest BCUT2D eigenvalue weighted by molar-refractivity contribution is -0.135. The molecule has 1 heterocycles. The smallest absolute Gasteiger partial charge is 0.408 e. The summed E-state index contributed by atoms with van der Waals surface area (Å²) in [5, 5.41) is 0. The number of aromatic nitrogens is 1. The number of carbonyl (C=O) groups excluding carboxylic acids is 2. The van der Waals surface area contributed by atoms with Gasteiger partial charge in [-0.2, -0.15) is 0 Å². The van der Waals surface area contributed by atoms with Crippen LogP contribution in [0, 0.1) is 0 Å². The Balaban J connectivity index is 2.45. The van der Waals surface area contributed by atoms with E-state index in [0.29, 0.717) is 16.8 Å². The molecule has 0 saturated heterocycles. The van der Waals surface area contributed by atoms with Gasteiger partial charge in [0.1, 0.15) is 0 Å². The van der Waals surface area contributed by atoms with Gasteiger partial charge in [0.05, 0.1) is 5.52 Å². The maximum Gasteiger partial charge on any atom is 0.417 e. The van der Waals surface area contributed by atoms with Crippen LogP contribution in [-0.2, 0) is 9.59 Å². The van der Waals surface area contributed by atoms with Crippen molar-refractivity contribution in [3.8, 4) is 0 Å². The summed E-state index contributed by atoms with van der Waals surface area (Å²) in [4.78, 5) is 36.5. The van der Waals surface area contributed by atoms with Crippen LogP contribution in [0.4, 0.5) is 5.69 Å². The molecule has 2 amide bonds. The Morgan fingerprint density at radius 2 is 2.12 bits per heavy atom. The van der Waals surface area contributed by atoms with Crippen molar-refractivity contribution in [1.29, 1.82) is 0 Å². The Labute approximate surface area is 94.8 Å². The van der Waals surface area contributed by atoms with Gasteiger partial charge in [-0.15, -0.1) is 0 Å². The molecule has 2 aromatic rings. The predicted octanol–water partition coefficient (Wildman–Crippen LogP) is -0.431. The van der Waals surface area contributed by atoms with Crippen molar-refractivity contribution >= 4 is 28.6 Å². The molecule has 0 unspecified atom stereocenters. The molecule has 7 nitrogen and oxygen atoms in total. The fourth-order valence-corrected chi connectivity index (χ4v) is 1.43. The molecule has 0 aliphatic carbocycles. The molecular formula is C10H9N3O4. The third kappa shape index (κ3) is 1.89. The normalized spacial score (nSPS) is 10.4. The minimum atomic E-state index is -1.05. The number of carbonyl (C=O) groups is 2. The number of aromatic amines is 1. The van der Waals surface area contributed by atoms with E-state index >= 15 is 0 Å². The van der Waals surface area contributed by atoms with Gasteiger partial charge in [-0.3, -0.25) is 14.6 Å². The number of hydrogen-bond donors (Lipinski definition) is 2. The van der Waals surface area contributed by atoms with Crippen molar-refractivity contribution in [2.45, 2.75) is 0 Å². The third-order valence-corrected chi connectivity index (χ3v) is 2.31. The summed E-state index contributed by atoms with van der Waals surface area (Å²) >= 11 is 0. The van der Waals surface area contributed by atoms with Gasteiger partial charge in [0, 0.05) is 18.8 Å². The quantitative estimate of drug-likeness (QED) is 0.653. The molecule has 0 saturated carbocycles. The highest BCUT2D eigenvalue weighted by molar-refractivity contribution is 6.39. The van der Waals surface area contributed by atoms with E-state index in [0.717, 1.165) is 4.90 Å². The Hall–Kier alpha value is -2.57. The first kappa shape index (κ1) is 10.9. The van der Waals surface area contributed by atoms with Gasteiger partial charge in [0.15, 0.2) is 5.58 Å². The Kier molecular flexibility index (Phi) is 2.43. The standard InChI is InChI=1S/C10H9N3O4/c1-13(9(15)8(11)14)5-2-3-6-7(4-5)17-10(16)12-6/h2-4H,1H3,(H2,11,14)(H,12,16). The molecule has 2 rings (SSSR count). The number of nitrogens with two attached hydrogens (primary N) is 1. The van der Waals surface area contributed by atoms with Crippen LogP contribution in [0.2, 0.25) is 0 Å². The molecule has 0 radical (unpaired) electrons. The third-order valence-electron chi connectivity index (χ3n) is 2.31. The zero-order valence-corrected chi connectivity index (χ0v) is 8.89. The van der Waals surface area contributed by atoms with E-state index in [4.69, 9.17) is 10.2 Å². The maximum absolute atomic E-state index is 11.3. The number of likely N-dealkylation sites (N-methyl/N-ethyl adjacent to an activating group) is 1. The van der Waals surface area contributed by atoms with Gasteiger partial charge in [-0.25, -0.2) is 4.79 Å². The molecule has 0 aliphatic rings. The fourth-order valence-electron chi connectivity index (χ4n) is 1.43. The number of hydrogen-bond acceptors (Lipinski definition) is 4. The van der Waals surface area contributed by atoms with E-state index < -0.39 is 17.6 Å². The summed E-state index contributed by atoms with van der Waals surface area (Å²) in [6.07, 6.45) is 0. The number of primary amides is 1. The minimum Gasteiger partial charge on any atom is -0.408 e. The van der Waals surface area contributed by atoms with Gasteiger partial charge < -0.3 is 15.1 Å². The van der Waals surface area contributed by atoms with Crippen molar-refractivity contribution in [2.75, 3.05) is 11.9 Å². The first-order valence-corrected chi connectivity index (χ1v) is 4.69. The average Bonchev–Trinajstić information content (AvgIpc) is 2.65. The van der Waals surface area contributed by atoms with Crippen molar-refractivity contribution in [3.05, 3.63) is 28.7 Å². The van der Waals surface area contributed by atoms with E-state index in [1.165, 1.54) is 13.1 Å². The number of oxazole rings is 1. The highest BCUT2D eigenvalue weighted by atomic mass is 16.4. The van der Waals surface area contributed by atoms with Crippen LogP contribution in [-0.4, -0.2) is 23.8 Å². The summed E-state index contributed by atoms with van der Waals surface area (Å²) in [5.41, 5.74) is 6.10. The molecule has 0 fully saturated rings. The molecule has 88 valence electrons. The number of rotatable bonds is 1. The van der Waals surface area contributed by atoms with Crippen LogP contribution in [0.15, 0.2) is 27.4 Å². The number of nitrogens with zero attached hydrogens (tertiary/aromatic N) is 1. The van der Waals surface area contributed by atoms with E-state index in [1.807, 2.05) is 0 Å². The second-order valence-corrected chi connectivity index (χ2v) is 3.42. The SMILES string of the molecule is CN(C(=O)C(N)=O)c1ccc2[nH]c(=O)oc2c1. The van der Waals surface area contributed by atoms with E-state index in [2.05, 4.69) is 4.98 Å². The monoisotopic (exact) mass is 235 g/mol. The van der Waals surface area contributed by atoms with Gasteiger partial charge >= 0.3 is 17.6 Å². The lowest BCUT2D eigenvalue weighted by Gasteiger charge is -2.14. The van der Waals surface area contributed by atoms with Crippen molar-refractivity contribution in [2.24, 2.45) is 5.73 Å². The minimum absolute atomic E-state index is 0.302. The van der Waals surface area contributed by atoms with E-state index in [1.54, 1.807) is 12.1 Å².